The molecule has 2 N–H and O–H groups in total. The number of benzene rings is 2. The smallest absolute Gasteiger partial charge is 0.261 e. The number of aromatic nitrogens is 1. The zero-order valence-corrected chi connectivity index (χ0v) is 18.3. The van der Waals surface area contributed by atoms with Crippen molar-refractivity contribution in [2.24, 2.45) is 0 Å². The fourth-order valence-electron chi connectivity index (χ4n) is 2.88. The Bertz CT molecular complexity index is 1200. The Hall–Kier alpha value is -2.90. The van der Waals surface area contributed by atoms with Gasteiger partial charge in [-0.25, -0.2) is 8.42 Å². The third kappa shape index (κ3) is 4.80. The lowest BCUT2D eigenvalue weighted by Gasteiger charge is -2.19. The molecule has 0 amide bonds. The minimum absolute atomic E-state index is 0.0728. The number of halogens is 1. The minimum Gasteiger partial charge on any atom is -0.288 e. The highest BCUT2D eigenvalue weighted by molar-refractivity contribution is 7.92. The van der Waals surface area contributed by atoms with E-state index >= 15 is 0 Å². The van der Waals surface area contributed by atoms with Gasteiger partial charge < -0.3 is 0 Å². The van der Waals surface area contributed by atoms with Crippen LogP contribution >= 0.6 is 11.6 Å². The lowest BCUT2D eigenvalue weighted by atomic mass is 9.87. The highest BCUT2D eigenvalue weighted by Crippen LogP contribution is 2.27. The van der Waals surface area contributed by atoms with Crippen molar-refractivity contribution < 1.29 is 23.1 Å². The van der Waals surface area contributed by atoms with E-state index in [-0.39, 0.29) is 32.1 Å². The van der Waals surface area contributed by atoms with Crippen molar-refractivity contribution in [1.82, 2.24) is 0 Å². The molecule has 0 bridgehead atoms. The van der Waals surface area contributed by atoms with Crippen LogP contribution in [0.4, 0.5) is 5.69 Å². The molecule has 0 unspecified atom stereocenters. The molecule has 2 aromatic carbocycles. The molecular formula is C22H22ClN2O4S+. The van der Waals surface area contributed by atoms with E-state index in [9.17, 15) is 18.4 Å². The summed E-state index contributed by atoms with van der Waals surface area (Å²) in [7, 11) is -3.93. The molecule has 30 heavy (non-hydrogen) atoms. The van der Waals surface area contributed by atoms with E-state index in [4.69, 9.17) is 11.6 Å². The van der Waals surface area contributed by atoms with Crippen LogP contribution in [-0.4, -0.2) is 19.4 Å². The van der Waals surface area contributed by atoms with Gasteiger partial charge in [-0.2, -0.15) is 0 Å². The second kappa shape index (κ2) is 8.08. The molecule has 1 aromatic heterocycles. The Labute approximate surface area is 180 Å². The summed E-state index contributed by atoms with van der Waals surface area (Å²) in [6, 6.07) is 13.9. The quantitative estimate of drug-likeness (QED) is 0.350. The fourth-order valence-corrected chi connectivity index (χ4v) is 4.14. The molecule has 8 heteroatoms. The van der Waals surface area contributed by atoms with E-state index in [1.165, 1.54) is 54.9 Å². The maximum Gasteiger partial charge on any atom is 0.261 e. The van der Waals surface area contributed by atoms with Crippen molar-refractivity contribution in [2.45, 2.75) is 31.1 Å². The van der Waals surface area contributed by atoms with Crippen molar-refractivity contribution in [3.05, 3.63) is 88.7 Å². The summed E-state index contributed by atoms with van der Waals surface area (Å²) in [5.41, 5.74) is 1.24. The summed E-state index contributed by atoms with van der Waals surface area (Å²) in [6.45, 7) is 6.13. The van der Waals surface area contributed by atoms with E-state index in [2.05, 4.69) is 4.72 Å². The highest BCUT2D eigenvalue weighted by atomic mass is 35.5. The third-order valence-corrected chi connectivity index (χ3v) is 6.17. The monoisotopic (exact) mass is 445 g/mol. The summed E-state index contributed by atoms with van der Waals surface area (Å²) < 4.78 is 29.1. The number of nitrogens with one attached hydrogen (secondary N) is 1. The molecule has 0 saturated carbocycles. The van der Waals surface area contributed by atoms with Gasteiger partial charge in [-0.05, 0) is 47.4 Å². The summed E-state index contributed by atoms with van der Waals surface area (Å²) in [6.07, 6.45) is 2.59. The molecular weight excluding hydrogens is 424 g/mol. The number of carbonyl (C=O) groups excluding carboxylic acids is 1. The van der Waals surface area contributed by atoms with Crippen LogP contribution in [0.25, 0.3) is 0 Å². The Morgan fingerprint density at radius 1 is 1.07 bits per heavy atom. The van der Waals surface area contributed by atoms with Crippen LogP contribution in [0.5, 0.6) is 0 Å². The predicted molar refractivity (Wildman–Crippen MR) is 115 cm³/mol. The number of pyridine rings is 1. The molecule has 0 spiro atoms. The Morgan fingerprint density at radius 2 is 1.73 bits per heavy atom. The zero-order chi connectivity index (χ0) is 22.1. The van der Waals surface area contributed by atoms with Crippen LogP contribution in [0.3, 0.4) is 0 Å². The molecule has 0 aliphatic heterocycles. The second-order valence-electron chi connectivity index (χ2n) is 7.87. The average Bonchev–Trinajstić information content (AvgIpc) is 2.68. The van der Waals surface area contributed by atoms with Crippen molar-refractivity contribution >= 4 is 33.1 Å². The van der Waals surface area contributed by atoms with E-state index in [1.807, 2.05) is 20.8 Å². The van der Waals surface area contributed by atoms with E-state index in [1.54, 1.807) is 12.1 Å². The summed E-state index contributed by atoms with van der Waals surface area (Å²) in [4.78, 5) is 13.0. The summed E-state index contributed by atoms with van der Waals surface area (Å²) in [5.74, 6) is -0.485. The van der Waals surface area contributed by atoms with Crippen LogP contribution in [0.1, 0.15) is 42.3 Å². The molecule has 0 aliphatic carbocycles. The third-order valence-electron chi connectivity index (χ3n) is 4.55. The molecule has 156 valence electrons. The van der Waals surface area contributed by atoms with Gasteiger partial charge in [-0.15, -0.1) is 0 Å². The number of anilines is 1. The van der Waals surface area contributed by atoms with E-state index < -0.39 is 15.8 Å². The molecule has 0 atom stereocenters. The molecule has 0 radical (unpaired) electrons. The number of hydrogen-bond acceptors (Lipinski definition) is 4. The van der Waals surface area contributed by atoms with Gasteiger partial charge in [-0.3, -0.25) is 14.7 Å². The van der Waals surface area contributed by atoms with Gasteiger partial charge in [0.2, 0.25) is 18.2 Å². The minimum atomic E-state index is -3.93. The molecule has 0 saturated heterocycles. The number of nitrogens with zero attached hydrogens (tertiary/aromatic N) is 1. The van der Waals surface area contributed by atoms with Gasteiger partial charge in [0.15, 0.2) is 0 Å². The van der Waals surface area contributed by atoms with Gasteiger partial charge in [0.05, 0.1) is 16.1 Å². The fraction of sp³-hybridized carbons (Fsp3) is 0.182. The second-order valence-corrected chi connectivity index (χ2v) is 9.99. The van der Waals surface area contributed by atoms with Crippen molar-refractivity contribution in [1.29, 1.82) is 0 Å². The number of rotatable bonds is 5. The van der Waals surface area contributed by atoms with Crippen LogP contribution in [0, 0.1) is 0 Å². The number of ketones is 1. The van der Waals surface area contributed by atoms with Crippen molar-refractivity contribution in [3.8, 4) is 0 Å². The molecule has 0 aliphatic rings. The van der Waals surface area contributed by atoms with E-state index in [0.29, 0.717) is 0 Å². The first-order valence-corrected chi connectivity index (χ1v) is 11.0. The summed E-state index contributed by atoms with van der Waals surface area (Å²) in [5, 5.41) is 9.86. The van der Waals surface area contributed by atoms with Crippen LogP contribution in [-0.2, 0) is 15.4 Å². The van der Waals surface area contributed by atoms with Gasteiger partial charge in [0.1, 0.15) is 0 Å². The van der Waals surface area contributed by atoms with Crippen LogP contribution in [0.15, 0.2) is 71.9 Å². The maximum atomic E-state index is 12.9. The Kier molecular flexibility index (Phi) is 5.87. The standard InChI is InChI=1S/C22H21ClN2O4S/c1-22(2,3)16-6-9-18(10-7-16)30(28,29)24-20-11-8-17(23)13-19(20)21(26)15-5-4-12-25(27)14-15/h4-14H,1-3H3,(H-,24,26,27)/p+1. The predicted octanol–water partition coefficient (Wildman–Crippen LogP) is 4.19. The molecule has 3 rings (SSSR count). The Morgan fingerprint density at radius 3 is 2.33 bits per heavy atom. The first kappa shape index (κ1) is 21.8. The first-order chi connectivity index (χ1) is 14.0. The van der Waals surface area contributed by atoms with Gasteiger partial charge in [0.25, 0.3) is 10.0 Å². The van der Waals surface area contributed by atoms with Gasteiger partial charge in [0, 0.05) is 21.4 Å². The SMILES string of the molecule is CC(C)(C)c1ccc(S(=O)(=O)Nc2ccc(Cl)cc2C(=O)c2ccc[n+](O)c2)cc1. The van der Waals surface area contributed by atoms with Crippen LogP contribution in [0.2, 0.25) is 5.02 Å². The molecule has 6 nitrogen and oxygen atoms in total. The summed E-state index contributed by atoms with van der Waals surface area (Å²) >= 11 is 6.04. The van der Waals surface area contributed by atoms with Gasteiger partial charge in [-0.1, -0.05) is 44.5 Å². The number of hydrogen-bond donors (Lipinski definition) is 2. The van der Waals surface area contributed by atoms with Crippen LogP contribution < -0.4 is 9.45 Å². The zero-order valence-electron chi connectivity index (χ0n) is 16.8. The van der Waals surface area contributed by atoms with Crippen molar-refractivity contribution in [3.63, 3.8) is 0 Å². The Balaban J connectivity index is 1.97. The van der Waals surface area contributed by atoms with Crippen molar-refractivity contribution in [2.75, 3.05) is 4.72 Å². The lowest BCUT2D eigenvalue weighted by molar-refractivity contribution is -0.904. The highest BCUT2D eigenvalue weighted by Gasteiger charge is 2.22. The molecule has 0 fully saturated rings. The maximum absolute atomic E-state index is 12.9. The molecule has 3 aromatic rings. The van der Waals surface area contributed by atoms with E-state index in [0.717, 1.165) is 10.3 Å². The number of sulfonamides is 1. The normalized spacial score (nSPS) is 11.9. The molecule has 1 heterocycles. The lowest BCUT2D eigenvalue weighted by Crippen LogP contribution is -2.29. The topological polar surface area (TPSA) is 87.4 Å². The number of carbonyl (C=O) groups is 1. The van der Waals surface area contributed by atoms with Gasteiger partial charge >= 0.3 is 0 Å². The largest absolute Gasteiger partial charge is 0.288 e. The average molecular weight is 446 g/mol. The first-order valence-electron chi connectivity index (χ1n) is 9.15.